The summed E-state index contributed by atoms with van der Waals surface area (Å²) in [5.41, 5.74) is 2.19. The summed E-state index contributed by atoms with van der Waals surface area (Å²) >= 11 is 6.15. The standard InChI is InChI=1S/C25H22ClFN2O4/c1-2-16-5-3-6-18(11-16)32-14-24(30)28-17-9-10-23-22(12-17)29(25(31)15-33-23)13-19-20(26)7-4-8-21(19)27/h3-12H,2,13-15H2,1H3,(H,28,30). The average Bonchev–Trinajstić information content (AvgIpc) is 2.81. The second-order valence-corrected chi connectivity index (χ2v) is 7.90. The monoisotopic (exact) mass is 468 g/mol. The summed E-state index contributed by atoms with van der Waals surface area (Å²) in [5.74, 6) is -0.139. The lowest BCUT2D eigenvalue weighted by molar-refractivity contribution is -0.121. The molecule has 8 heteroatoms. The van der Waals surface area contributed by atoms with E-state index in [0.29, 0.717) is 22.9 Å². The third kappa shape index (κ3) is 5.26. The molecule has 170 valence electrons. The van der Waals surface area contributed by atoms with Crippen molar-refractivity contribution in [1.82, 2.24) is 0 Å². The van der Waals surface area contributed by atoms with Crippen molar-refractivity contribution in [1.29, 1.82) is 0 Å². The molecule has 0 radical (unpaired) electrons. The number of halogens is 2. The molecule has 1 aliphatic rings. The van der Waals surface area contributed by atoms with Gasteiger partial charge in [0.1, 0.15) is 17.3 Å². The zero-order chi connectivity index (χ0) is 23.4. The Morgan fingerprint density at radius 2 is 2.00 bits per heavy atom. The lowest BCUT2D eigenvalue weighted by atomic mass is 10.1. The lowest BCUT2D eigenvalue weighted by Gasteiger charge is -2.30. The number of hydrogen-bond acceptors (Lipinski definition) is 4. The van der Waals surface area contributed by atoms with E-state index in [-0.39, 0.29) is 42.2 Å². The van der Waals surface area contributed by atoms with Gasteiger partial charge in [0.15, 0.2) is 13.2 Å². The van der Waals surface area contributed by atoms with Gasteiger partial charge in [-0.25, -0.2) is 4.39 Å². The highest BCUT2D eigenvalue weighted by Gasteiger charge is 2.27. The number of nitrogens with zero attached hydrogens (tertiary/aromatic N) is 1. The molecule has 0 aliphatic carbocycles. The number of aryl methyl sites for hydroxylation is 1. The van der Waals surface area contributed by atoms with Gasteiger partial charge in [-0.2, -0.15) is 0 Å². The Hall–Kier alpha value is -3.58. The molecular weight excluding hydrogens is 447 g/mol. The van der Waals surface area contributed by atoms with E-state index in [9.17, 15) is 14.0 Å². The van der Waals surface area contributed by atoms with Gasteiger partial charge in [-0.3, -0.25) is 9.59 Å². The molecule has 0 unspecified atom stereocenters. The van der Waals surface area contributed by atoms with Gasteiger partial charge in [-0.15, -0.1) is 0 Å². The van der Waals surface area contributed by atoms with Crippen LogP contribution in [0.5, 0.6) is 11.5 Å². The summed E-state index contributed by atoms with van der Waals surface area (Å²) in [7, 11) is 0. The number of rotatable bonds is 7. The minimum absolute atomic E-state index is 0.0605. The Balaban J connectivity index is 1.49. The van der Waals surface area contributed by atoms with Crippen LogP contribution in [0.1, 0.15) is 18.1 Å². The first-order valence-corrected chi connectivity index (χ1v) is 10.8. The van der Waals surface area contributed by atoms with E-state index in [0.717, 1.165) is 12.0 Å². The third-order valence-electron chi connectivity index (χ3n) is 5.24. The fourth-order valence-electron chi connectivity index (χ4n) is 3.50. The van der Waals surface area contributed by atoms with Crippen LogP contribution in [0.2, 0.25) is 5.02 Å². The predicted octanol–water partition coefficient (Wildman–Crippen LogP) is 4.98. The third-order valence-corrected chi connectivity index (χ3v) is 5.59. The van der Waals surface area contributed by atoms with E-state index in [1.54, 1.807) is 30.3 Å². The maximum atomic E-state index is 14.3. The first kappa shape index (κ1) is 22.6. The molecule has 1 heterocycles. The summed E-state index contributed by atoms with van der Waals surface area (Å²) in [6.07, 6.45) is 0.869. The topological polar surface area (TPSA) is 67.9 Å². The fraction of sp³-hybridized carbons (Fsp3) is 0.200. The molecular formula is C25H22ClFN2O4. The number of nitrogens with one attached hydrogen (secondary N) is 1. The van der Waals surface area contributed by atoms with Crippen molar-refractivity contribution in [3.63, 3.8) is 0 Å². The Morgan fingerprint density at radius 1 is 1.18 bits per heavy atom. The van der Waals surface area contributed by atoms with Crippen LogP contribution >= 0.6 is 11.6 Å². The number of hydrogen-bond donors (Lipinski definition) is 1. The molecule has 33 heavy (non-hydrogen) atoms. The molecule has 3 aromatic rings. The van der Waals surface area contributed by atoms with E-state index in [1.807, 2.05) is 25.1 Å². The highest BCUT2D eigenvalue weighted by Crippen LogP contribution is 2.36. The van der Waals surface area contributed by atoms with Crippen LogP contribution in [0.25, 0.3) is 0 Å². The number of amides is 2. The Morgan fingerprint density at radius 3 is 2.79 bits per heavy atom. The Bertz CT molecular complexity index is 1180. The average molecular weight is 469 g/mol. The Kier molecular flexibility index (Phi) is 6.79. The molecule has 1 aliphatic heterocycles. The summed E-state index contributed by atoms with van der Waals surface area (Å²) in [5, 5.41) is 2.98. The van der Waals surface area contributed by atoms with Crippen molar-refractivity contribution in [3.05, 3.63) is 82.6 Å². The van der Waals surface area contributed by atoms with Crippen LogP contribution in [0.15, 0.2) is 60.7 Å². The summed E-state index contributed by atoms with van der Waals surface area (Å²) in [6.45, 7) is 1.64. The molecule has 0 bridgehead atoms. The molecule has 6 nitrogen and oxygen atoms in total. The molecule has 1 N–H and O–H groups in total. The minimum atomic E-state index is -0.503. The van der Waals surface area contributed by atoms with Gasteiger partial charge in [-0.1, -0.05) is 36.7 Å². The maximum absolute atomic E-state index is 14.3. The quantitative estimate of drug-likeness (QED) is 0.530. The lowest BCUT2D eigenvalue weighted by Crippen LogP contribution is -2.38. The van der Waals surface area contributed by atoms with Gasteiger partial charge in [0.2, 0.25) is 0 Å². The van der Waals surface area contributed by atoms with Crippen molar-refractivity contribution in [2.75, 3.05) is 23.4 Å². The zero-order valence-electron chi connectivity index (χ0n) is 17.9. The maximum Gasteiger partial charge on any atom is 0.265 e. The molecule has 0 aromatic heterocycles. The number of benzene rings is 3. The molecule has 3 aromatic carbocycles. The van der Waals surface area contributed by atoms with Crippen molar-refractivity contribution >= 4 is 34.8 Å². The van der Waals surface area contributed by atoms with Gasteiger partial charge in [0, 0.05) is 16.3 Å². The van der Waals surface area contributed by atoms with Crippen molar-refractivity contribution < 1.29 is 23.5 Å². The second kappa shape index (κ2) is 9.92. The number of carbonyl (C=O) groups is 2. The van der Waals surface area contributed by atoms with Crippen LogP contribution in [0.3, 0.4) is 0 Å². The number of carbonyl (C=O) groups excluding carboxylic acids is 2. The number of anilines is 2. The van der Waals surface area contributed by atoms with E-state index in [1.165, 1.54) is 17.0 Å². The number of fused-ring (bicyclic) bond motifs is 1. The molecule has 0 saturated carbocycles. The highest BCUT2D eigenvalue weighted by atomic mass is 35.5. The summed E-state index contributed by atoms with van der Waals surface area (Å²) in [6, 6.07) is 16.8. The van der Waals surface area contributed by atoms with Crippen molar-refractivity contribution in [2.45, 2.75) is 19.9 Å². The van der Waals surface area contributed by atoms with Crippen LogP contribution in [0.4, 0.5) is 15.8 Å². The fourth-order valence-corrected chi connectivity index (χ4v) is 3.72. The van der Waals surface area contributed by atoms with Crippen LogP contribution in [0, 0.1) is 5.82 Å². The van der Waals surface area contributed by atoms with E-state index in [2.05, 4.69) is 5.32 Å². The first-order chi connectivity index (χ1) is 15.9. The highest BCUT2D eigenvalue weighted by molar-refractivity contribution is 6.31. The zero-order valence-corrected chi connectivity index (χ0v) is 18.7. The number of ether oxygens (including phenoxy) is 2. The summed E-state index contributed by atoms with van der Waals surface area (Å²) < 4.78 is 25.4. The molecule has 2 amide bonds. The van der Waals surface area contributed by atoms with Crippen molar-refractivity contribution in [3.8, 4) is 11.5 Å². The second-order valence-electron chi connectivity index (χ2n) is 7.49. The van der Waals surface area contributed by atoms with Gasteiger partial charge in [-0.05, 0) is 54.4 Å². The van der Waals surface area contributed by atoms with Crippen LogP contribution < -0.4 is 19.7 Å². The molecule has 4 rings (SSSR count). The predicted molar refractivity (Wildman–Crippen MR) is 124 cm³/mol. The molecule has 0 spiro atoms. The minimum Gasteiger partial charge on any atom is -0.484 e. The molecule has 0 saturated heterocycles. The summed E-state index contributed by atoms with van der Waals surface area (Å²) in [4.78, 5) is 26.4. The van der Waals surface area contributed by atoms with Gasteiger partial charge in [0.05, 0.1) is 12.2 Å². The molecule has 0 atom stereocenters. The van der Waals surface area contributed by atoms with Crippen LogP contribution in [-0.2, 0) is 22.6 Å². The van der Waals surface area contributed by atoms with Gasteiger partial charge in [0.25, 0.3) is 11.8 Å². The van der Waals surface area contributed by atoms with E-state index >= 15 is 0 Å². The SMILES string of the molecule is CCc1cccc(OCC(=O)Nc2ccc3c(c2)N(Cc2c(F)cccc2Cl)C(=O)CO3)c1. The first-order valence-electron chi connectivity index (χ1n) is 10.5. The van der Waals surface area contributed by atoms with E-state index < -0.39 is 5.82 Å². The normalized spacial score (nSPS) is 12.7. The largest absolute Gasteiger partial charge is 0.484 e. The van der Waals surface area contributed by atoms with Crippen LogP contribution in [-0.4, -0.2) is 25.0 Å². The van der Waals surface area contributed by atoms with Gasteiger partial charge < -0.3 is 19.7 Å². The van der Waals surface area contributed by atoms with Gasteiger partial charge >= 0.3 is 0 Å². The van der Waals surface area contributed by atoms with E-state index in [4.69, 9.17) is 21.1 Å². The molecule has 0 fully saturated rings. The van der Waals surface area contributed by atoms with Crippen molar-refractivity contribution in [2.24, 2.45) is 0 Å². The smallest absolute Gasteiger partial charge is 0.265 e. The Labute approximate surface area is 195 Å².